The van der Waals surface area contributed by atoms with Crippen molar-refractivity contribution in [2.75, 3.05) is 7.11 Å². The zero-order valence-electron chi connectivity index (χ0n) is 20.3. The van der Waals surface area contributed by atoms with Gasteiger partial charge in [0.1, 0.15) is 10.8 Å². The van der Waals surface area contributed by atoms with E-state index in [1.807, 2.05) is 30.3 Å². The SMILES string of the molecule is COc1ccc(-c2cc(CSc3ncccc3O)c(-c3ccc(C(=O)O)cc3)s2)cc1OC1CCCC1. The monoisotopic (exact) mass is 533 g/mol. The van der Waals surface area contributed by atoms with Crippen LogP contribution >= 0.6 is 23.1 Å². The van der Waals surface area contributed by atoms with Crippen LogP contribution in [0.25, 0.3) is 20.9 Å². The molecule has 37 heavy (non-hydrogen) atoms. The average molecular weight is 534 g/mol. The van der Waals surface area contributed by atoms with Gasteiger partial charge in [-0.3, -0.25) is 0 Å². The summed E-state index contributed by atoms with van der Waals surface area (Å²) in [5, 5.41) is 20.1. The van der Waals surface area contributed by atoms with E-state index in [9.17, 15) is 15.0 Å². The fourth-order valence-corrected chi connectivity index (χ4v) is 6.58. The Hall–Kier alpha value is -3.49. The van der Waals surface area contributed by atoms with Crippen molar-refractivity contribution in [3.05, 3.63) is 78.0 Å². The number of carboxylic acids is 1. The van der Waals surface area contributed by atoms with Gasteiger partial charge in [-0.1, -0.05) is 23.9 Å². The van der Waals surface area contributed by atoms with Crippen molar-refractivity contribution in [1.29, 1.82) is 0 Å². The van der Waals surface area contributed by atoms with Crippen molar-refractivity contribution >= 4 is 29.1 Å². The van der Waals surface area contributed by atoms with E-state index < -0.39 is 5.97 Å². The molecule has 1 aliphatic rings. The van der Waals surface area contributed by atoms with Gasteiger partial charge in [-0.15, -0.1) is 11.3 Å². The van der Waals surface area contributed by atoms with Gasteiger partial charge >= 0.3 is 5.97 Å². The largest absolute Gasteiger partial charge is 0.505 e. The van der Waals surface area contributed by atoms with Gasteiger partial charge in [0.05, 0.1) is 18.8 Å². The van der Waals surface area contributed by atoms with E-state index in [1.54, 1.807) is 48.9 Å². The van der Waals surface area contributed by atoms with Crippen LogP contribution in [0.2, 0.25) is 0 Å². The van der Waals surface area contributed by atoms with Crippen molar-refractivity contribution in [3.63, 3.8) is 0 Å². The number of hydrogen-bond donors (Lipinski definition) is 2. The fraction of sp³-hybridized carbons (Fsp3) is 0.241. The van der Waals surface area contributed by atoms with Gasteiger partial charge in [-0.25, -0.2) is 9.78 Å². The highest BCUT2D eigenvalue weighted by atomic mass is 32.2. The molecule has 0 saturated heterocycles. The van der Waals surface area contributed by atoms with E-state index in [0.29, 0.717) is 10.8 Å². The van der Waals surface area contributed by atoms with E-state index in [0.717, 1.165) is 50.8 Å². The Balaban J connectivity index is 1.50. The zero-order chi connectivity index (χ0) is 25.8. The van der Waals surface area contributed by atoms with E-state index >= 15 is 0 Å². The van der Waals surface area contributed by atoms with Crippen LogP contribution in [0, 0.1) is 0 Å². The molecule has 1 aliphatic carbocycles. The molecule has 190 valence electrons. The second-order valence-electron chi connectivity index (χ2n) is 8.85. The molecule has 5 rings (SSSR count). The second-order valence-corrected chi connectivity index (χ2v) is 10.9. The predicted molar refractivity (Wildman–Crippen MR) is 147 cm³/mol. The Kier molecular flexibility index (Phi) is 7.67. The molecule has 2 aromatic heterocycles. The van der Waals surface area contributed by atoms with Crippen LogP contribution in [0.1, 0.15) is 41.6 Å². The van der Waals surface area contributed by atoms with E-state index in [4.69, 9.17) is 9.47 Å². The number of pyridine rings is 1. The van der Waals surface area contributed by atoms with Crippen LogP contribution in [-0.2, 0) is 5.75 Å². The highest BCUT2D eigenvalue weighted by Crippen LogP contribution is 2.43. The normalized spacial score (nSPS) is 13.5. The topological polar surface area (TPSA) is 88.9 Å². The number of hydrogen-bond acceptors (Lipinski definition) is 7. The highest BCUT2D eigenvalue weighted by molar-refractivity contribution is 7.98. The molecule has 6 nitrogen and oxygen atoms in total. The summed E-state index contributed by atoms with van der Waals surface area (Å²) >= 11 is 3.11. The lowest BCUT2D eigenvalue weighted by atomic mass is 10.1. The van der Waals surface area contributed by atoms with Crippen LogP contribution in [0.4, 0.5) is 0 Å². The van der Waals surface area contributed by atoms with Crippen molar-refractivity contribution in [1.82, 2.24) is 4.98 Å². The summed E-state index contributed by atoms with van der Waals surface area (Å²) in [6.45, 7) is 0. The maximum absolute atomic E-state index is 11.4. The Morgan fingerprint density at radius 3 is 2.51 bits per heavy atom. The quantitative estimate of drug-likeness (QED) is 0.215. The number of benzene rings is 2. The third-order valence-corrected chi connectivity index (χ3v) is 8.68. The maximum atomic E-state index is 11.4. The Labute approximate surface area is 223 Å². The number of ether oxygens (including phenoxy) is 2. The van der Waals surface area contributed by atoms with Crippen LogP contribution in [0.15, 0.2) is 71.9 Å². The summed E-state index contributed by atoms with van der Waals surface area (Å²) in [7, 11) is 1.66. The van der Waals surface area contributed by atoms with Gasteiger partial charge in [0.2, 0.25) is 0 Å². The van der Waals surface area contributed by atoms with Crippen LogP contribution in [0.3, 0.4) is 0 Å². The molecule has 8 heteroatoms. The highest BCUT2D eigenvalue weighted by Gasteiger charge is 2.20. The number of aromatic nitrogens is 1. The van der Waals surface area contributed by atoms with Crippen LogP contribution < -0.4 is 9.47 Å². The third kappa shape index (κ3) is 5.76. The summed E-state index contributed by atoms with van der Waals surface area (Å²) in [6.07, 6.45) is 6.38. The number of rotatable bonds is 9. The molecule has 0 amide bonds. The molecule has 0 unspecified atom stereocenters. The molecular formula is C29H27NO5S2. The lowest BCUT2D eigenvalue weighted by Crippen LogP contribution is -2.11. The predicted octanol–water partition coefficient (Wildman–Crippen LogP) is 7.50. The molecule has 2 heterocycles. The Bertz CT molecular complexity index is 1390. The molecule has 0 bridgehead atoms. The van der Waals surface area contributed by atoms with Gasteiger partial charge < -0.3 is 19.7 Å². The molecule has 2 aromatic carbocycles. The number of aromatic hydroxyl groups is 1. The zero-order valence-corrected chi connectivity index (χ0v) is 22.0. The van der Waals surface area contributed by atoms with Gasteiger partial charge in [0, 0.05) is 21.7 Å². The van der Waals surface area contributed by atoms with E-state index in [1.165, 1.54) is 24.6 Å². The lowest BCUT2D eigenvalue weighted by Gasteiger charge is -2.16. The number of aromatic carboxylic acids is 1. The molecule has 2 N–H and O–H groups in total. The second kappa shape index (κ2) is 11.3. The van der Waals surface area contributed by atoms with Crippen molar-refractivity contribution in [2.24, 2.45) is 0 Å². The molecule has 0 atom stereocenters. The summed E-state index contributed by atoms with van der Waals surface area (Å²) < 4.78 is 11.9. The Morgan fingerprint density at radius 2 is 1.81 bits per heavy atom. The van der Waals surface area contributed by atoms with Gasteiger partial charge in [-0.05, 0) is 90.9 Å². The minimum Gasteiger partial charge on any atom is -0.505 e. The molecule has 1 fully saturated rings. The van der Waals surface area contributed by atoms with Gasteiger partial charge in [-0.2, -0.15) is 0 Å². The maximum Gasteiger partial charge on any atom is 0.335 e. The lowest BCUT2D eigenvalue weighted by molar-refractivity contribution is 0.0697. The first-order valence-electron chi connectivity index (χ1n) is 12.1. The molecular weight excluding hydrogens is 506 g/mol. The Morgan fingerprint density at radius 1 is 1.05 bits per heavy atom. The average Bonchev–Trinajstić information content (AvgIpc) is 3.58. The minimum atomic E-state index is -0.951. The van der Waals surface area contributed by atoms with Gasteiger partial charge in [0.15, 0.2) is 11.5 Å². The number of carbonyl (C=O) groups is 1. The third-order valence-electron chi connectivity index (χ3n) is 6.36. The number of thiophene rings is 1. The molecule has 4 aromatic rings. The minimum absolute atomic E-state index is 0.152. The van der Waals surface area contributed by atoms with Crippen molar-refractivity contribution in [3.8, 4) is 38.1 Å². The van der Waals surface area contributed by atoms with Gasteiger partial charge in [0.25, 0.3) is 0 Å². The smallest absolute Gasteiger partial charge is 0.335 e. The first-order chi connectivity index (χ1) is 18.0. The summed E-state index contributed by atoms with van der Waals surface area (Å²) in [4.78, 5) is 17.8. The molecule has 0 radical (unpaired) electrons. The fourth-order valence-electron chi connectivity index (χ4n) is 4.43. The van der Waals surface area contributed by atoms with Crippen LogP contribution in [0.5, 0.6) is 17.2 Å². The molecule has 1 saturated carbocycles. The number of methoxy groups -OCH3 is 1. The summed E-state index contributed by atoms with van der Waals surface area (Å²) in [6, 6.07) is 18.4. The van der Waals surface area contributed by atoms with Crippen molar-refractivity contribution < 1.29 is 24.5 Å². The summed E-state index contributed by atoms with van der Waals surface area (Å²) in [5.41, 5.74) is 3.29. The van der Waals surface area contributed by atoms with E-state index in [-0.39, 0.29) is 17.4 Å². The standard InChI is InChI=1S/C29H27NO5S2/c1-34-24-13-12-20(15-25(24)35-22-5-2-3-6-22)26-16-21(17-36-28-23(31)7-4-14-30-28)27(37-26)18-8-10-19(11-9-18)29(32)33/h4,7-16,22,31H,2-3,5-6,17H2,1H3,(H,32,33). The van der Waals surface area contributed by atoms with Crippen LogP contribution in [-0.4, -0.2) is 34.4 Å². The number of carboxylic acid groups (broad SMARTS) is 1. The summed E-state index contributed by atoms with van der Waals surface area (Å²) in [5.74, 6) is 1.27. The van der Waals surface area contributed by atoms with E-state index in [2.05, 4.69) is 11.1 Å². The van der Waals surface area contributed by atoms with Crippen molar-refractivity contribution in [2.45, 2.75) is 42.6 Å². The first-order valence-corrected chi connectivity index (χ1v) is 13.9. The number of thioether (sulfide) groups is 1. The first kappa shape index (κ1) is 25.2. The number of nitrogens with zero attached hydrogens (tertiary/aromatic N) is 1. The molecule has 0 spiro atoms. The molecule has 0 aliphatic heterocycles.